The first-order chi connectivity index (χ1) is 13.2. The van der Waals surface area contributed by atoms with Gasteiger partial charge in [0.1, 0.15) is 28.5 Å². The number of rotatable bonds is 5. The summed E-state index contributed by atoms with van der Waals surface area (Å²) in [6, 6.07) is 5.72. The van der Waals surface area contributed by atoms with Crippen LogP contribution in [0.4, 0.5) is 11.5 Å². The zero-order chi connectivity index (χ0) is 18.8. The first-order valence-corrected chi connectivity index (χ1v) is 8.31. The summed E-state index contributed by atoms with van der Waals surface area (Å²) in [5.74, 6) is 1.96. The quantitative estimate of drug-likeness (QED) is 0.567. The minimum Gasteiger partial charge on any atom is -0.448 e. The van der Waals surface area contributed by atoms with Gasteiger partial charge in [-0.05, 0) is 24.6 Å². The van der Waals surface area contributed by atoms with Gasteiger partial charge in [0.2, 0.25) is 0 Å². The highest BCUT2D eigenvalue weighted by atomic mass is 16.5. The van der Waals surface area contributed by atoms with Gasteiger partial charge in [-0.15, -0.1) is 0 Å². The molecule has 134 valence electrons. The van der Waals surface area contributed by atoms with Gasteiger partial charge in [0, 0.05) is 11.8 Å². The number of hydrogen-bond acceptors (Lipinski definition) is 6. The van der Waals surface area contributed by atoms with Gasteiger partial charge in [-0.3, -0.25) is 0 Å². The van der Waals surface area contributed by atoms with Crippen molar-refractivity contribution in [2.24, 2.45) is 0 Å². The van der Waals surface area contributed by atoms with Crippen molar-refractivity contribution in [1.82, 2.24) is 24.9 Å². The third kappa shape index (κ3) is 3.20. The smallest absolute Gasteiger partial charge is 0.365 e. The van der Waals surface area contributed by atoms with Crippen molar-refractivity contribution in [2.75, 3.05) is 12.4 Å². The fourth-order valence-corrected chi connectivity index (χ4v) is 2.76. The number of aryl methyl sites for hydroxylation is 1. The molecule has 0 unspecified atom stereocenters. The molecule has 0 aliphatic carbocycles. The van der Waals surface area contributed by atoms with Crippen LogP contribution in [0.2, 0.25) is 0 Å². The van der Waals surface area contributed by atoms with E-state index in [1.807, 2.05) is 31.3 Å². The molecular weight excluding hydrogens is 342 g/mol. The number of ether oxygens (including phenoxy) is 1. The highest BCUT2D eigenvalue weighted by Crippen LogP contribution is 2.32. The number of fused-ring (bicyclic) bond motifs is 1. The molecule has 0 spiro atoms. The number of anilines is 2. The summed E-state index contributed by atoms with van der Waals surface area (Å²) >= 11 is 0. The Morgan fingerprint density at radius 2 is 2.15 bits per heavy atom. The van der Waals surface area contributed by atoms with E-state index < -0.39 is 0 Å². The number of nitrogens with zero attached hydrogens (tertiary/aromatic N) is 4. The lowest BCUT2D eigenvalue weighted by molar-refractivity contribution is -0.392. The Labute approximate surface area is 155 Å². The van der Waals surface area contributed by atoms with E-state index in [4.69, 9.17) is 4.74 Å². The lowest BCUT2D eigenvalue weighted by Crippen LogP contribution is -2.08. The topological polar surface area (TPSA) is 103 Å². The summed E-state index contributed by atoms with van der Waals surface area (Å²) in [4.78, 5) is 24.0. The standard InChI is InChI=1S/C19H17N7O/c1-4-12-7-14(16-17-19(23-10-22-17)25-11(2)24-16)18(21-8-12)26-13-5-6-15(27-3)20-9-13/h4-10H,1H2,2-3H3,(H,21,26)(H,22,23,24,25)/p+1. The van der Waals surface area contributed by atoms with Crippen LogP contribution in [0, 0.1) is 6.92 Å². The summed E-state index contributed by atoms with van der Waals surface area (Å²) in [5, 5.41) is 3.32. The second-order valence-corrected chi connectivity index (χ2v) is 5.86. The Hall–Kier alpha value is -3.81. The predicted octanol–water partition coefficient (Wildman–Crippen LogP) is 2.93. The van der Waals surface area contributed by atoms with Crippen LogP contribution in [-0.2, 0) is 0 Å². The molecule has 0 aliphatic heterocycles. The molecule has 0 saturated heterocycles. The third-order valence-electron chi connectivity index (χ3n) is 4.06. The van der Waals surface area contributed by atoms with Crippen molar-refractivity contribution >= 4 is 28.7 Å². The molecular formula is C19H18N7O+. The highest BCUT2D eigenvalue weighted by molar-refractivity contribution is 5.92. The number of pyridine rings is 2. The number of H-pyrrole nitrogens is 2. The van der Waals surface area contributed by atoms with E-state index in [-0.39, 0.29) is 0 Å². The predicted molar refractivity (Wildman–Crippen MR) is 103 cm³/mol. The minimum absolute atomic E-state index is 0.616. The Kier molecular flexibility index (Phi) is 4.21. The van der Waals surface area contributed by atoms with Crippen LogP contribution in [0.15, 0.2) is 43.5 Å². The summed E-state index contributed by atoms with van der Waals surface area (Å²) in [7, 11) is 1.61. The molecule has 0 fully saturated rings. The maximum Gasteiger partial charge on any atom is 0.365 e. The molecule has 0 saturated carbocycles. The van der Waals surface area contributed by atoms with Gasteiger partial charge < -0.3 is 15.0 Å². The van der Waals surface area contributed by atoms with Gasteiger partial charge in [0.25, 0.3) is 0 Å². The van der Waals surface area contributed by atoms with Crippen LogP contribution in [0.1, 0.15) is 11.4 Å². The van der Waals surface area contributed by atoms with E-state index in [9.17, 15) is 0 Å². The Morgan fingerprint density at radius 3 is 2.89 bits per heavy atom. The van der Waals surface area contributed by atoms with Gasteiger partial charge in [-0.2, -0.15) is 4.98 Å². The molecule has 3 N–H and O–H groups in total. The molecule has 0 aromatic carbocycles. The van der Waals surface area contributed by atoms with Gasteiger partial charge in [0.05, 0.1) is 19.5 Å². The monoisotopic (exact) mass is 360 g/mol. The zero-order valence-corrected chi connectivity index (χ0v) is 14.9. The molecule has 0 bridgehead atoms. The molecule has 0 radical (unpaired) electrons. The van der Waals surface area contributed by atoms with E-state index in [2.05, 4.69) is 41.8 Å². The largest absolute Gasteiger partial charge is 0.448 e. The Bertz CT molecular complexity index is 1120. The van der Waals surface area contributed by atoms with Gasteiger partial charge >= 0.3 is 5.88 Å². The first kappa shape index (κ1) is 16.6. The summed E-state index contributed by atoms with van der Waals surface area (Å²) in [6.45, 7) is 5.68. The fourth-order valence-electron chi connectivity index (χ4n) is 2.76. The SMILES string of the molecule is C=Cc1cnc(Nc2ccc(OC)[nH+]c2)c(-c2nc(C)nc3nc[nH]c23)c1. The van der Waals surface area contributed by atoms with Crippen molar-refractivity contribution in [3.05, 3.63) is 54.9 Å². The molecule has 27 heavy (non-hydrogen) atoms. The molecule has 0 aliphatic rings. The fraction of sp³-hybridized carbons (Fsp3) is 0.105. The average molecular weight is 360 g/mol. The summed E-state index contributed by atoms with van der Waals surface area (Å²) in [6.07, 6.45) is 6.92. The molecule has 0 atom stereocenters. The number of methoxy groups -OCH3 is 1. The highest BCUT2D eigenvalue weighted by Gasteiger charge is 2.16. The van der Waals surface area contributed by atoms with E-state index >= 15 is 0 Å². The van der Waals surface area contributed by atoms with Gasteiger partial charge in [-0.25, -0.2) is 19.9 Å². The van der Waals surface area contributed by atoms with Crippen LogP contribution in [0.5, 0.6) is 5.88 Å². The lowest BCUT2D eigenvalue weighted by atomic mass is 10.1. The maximum absolute atomic E-state index is 5.16. The van der Waals surface area contributed by atoms with Crippen molar-refractivity contribution in [3.63, 3.8) is 0 Å². The van der Waals surface area contributed by atoms with E-state index in [0.717, 1.165) is 28.0 Å². The molecule has 4 aromatic rings. The van der Waals surface area contributed by atoms with Gasteiger partial charge in [0.15, 0.2) is 11.8 Å². The van der Waals surface area contributed by atoms with Crippen molar-refractivity contribution < 1.29 is 9.72 Å². The van der Waals surface area contributed by atoms with Gasteiger partial charge in [-0.1, -0.05) is 12.7 Å². The van der Waals surface area contributed by atoms with Crippen LogP contribution in [-0.4, -0.2) is 32.0 Å². The van der Waals surface area contributed by atoms with E-state index in [0.29, 0.717) is 23.2 Å². The summed E-state index contributed by atoms with van der Waals surface area (Å²) in [5.41, 5.74) is 4.65. The molecule has 4 rings (SSSR count). The summed E-state index contributed by atoms with van der Waals surface area (Å²) < 4.78 is 5.16. The lowest BCUT2D eigenvalue weighted by Gasteiger charge is -2.12. The first-order valence-electron chi connectivity index (χ1n) is 8.31. The average Bonchev–Trinajstić information content (AvgIpc) is 3.16. The third-order valence-corrected chi connectivity index (χ3v) is 4.06. The van der Waals surface area contributed by atoms with Crippen molar-refractivity contribution in [1.29, 1.82) is 0 Å². The maximum atomic E-state index is 5.16. The van der Waals surface area contributed by atoms with E-state index in [1.54, 1.807) is 25.7 Å². The van der Waals surface area contributed by atoms with Crippen LogP contribution < -0.4 is 15.0 Å². The van der Waals surface area contributed by atoms with Crippen molar-refractivity contribution in [3.8, 4) is 17.1 Å². The zero-order valence-electron chi connectivity index (χ0n) is 14.9. The van der Waals surface area contributed by atoms with Crippen LogP contribution in [0.25, 0.3) is 28.5 Å². The second-order valence-electron chi connectivity index (χ2n) is 5.86. The number of imidazole rings is 1. The van der Waals surface area contributed by atoms with E-state index in [1.165, 1.54) is 0 Å². The minimum atomic E-state index is 0.616. The second kappa shape index (κ2) is 6.83. The number of nitrogens with one attached hydrogen (secondary N) is 3. The van der Waals surface area contributed by atoms with Crippen molar-refractivity contribution in [2.45, 2.75) is 6.92 Å². The number of aromatic nitrogens is 6. The molecule has 4 aromatic heterocycles. The Morgan fingerprint density at radius 1 is 1.26 bits per heavy atom. The normalized spacial score (nSPS) is 10.7. The molecule has 8 nitrogen and oxygen atoms in total. The molecule has 8 heteroatoms. The number of hydrogen-bond donors (Lipinski definition) is 2. The molecule has 0 amide bonds. The molecule has 4 heterocycles. The Balaban J connectivity index is 1.85. The van der Waals surface area contributed by atoms with Crippen LogP contribution in [0.3, 0.4) is 0 Å². The number of aromatic amines is 2. The van der Waals surface area contributed by atoms with Crippen LogP contribution >= 0.6 is 0 Å².